The normalized spacial score (nSPS) is 49.4. The number of nitrogens with one attached hydrogen (secondary N) is 8. The largest absolute Gasteiger partial charge is 0.392 e. The fourth-order valence-corrected chi connectivity index (χ4v) is 13.8. The van der Waals surface area contributed by atoms with Crippen molar-refractivity contribution in [2.75, 3.05) is 26.4 Å². The molecule has 8 bridgehead atoms. The predicted molar refractivity (Wildman–Crippen MR) is 212 cm³/mol. The van der Waals surface area contributed by atoms with Gasteiger partial charge in [0.15, 0.2) is 40.5 Å². The Morgan fingerprint density at radius 1 is 0.379 bits per heavy atom. The smallest absolute Gasteiger partial charge is 0.187 e. The Morgan fingerprint density at radius 2 is 0.672 bits per heavy atom. The first-order valence-corrected chi connectivity index (χ1v) is 21.9. The fourth-order valence-electron chi connectivity index (χ4n) is 13.8. The molecule has 324 valence electrons. The van der Waals surface area contributed by atoms with Gasteiger partial charge in [0.2, 0.25) is 0 Å². The number of carbonyl (C=O) groups excluding carboxylic acids is 4. The third-order valence-electron chi connectivity index (χ3n) is 16.6. The van der Waals surface area contributed by atoms with E-state index in [-0.39, 0.29) is 149 Å². The van der Waals surface area contributed by atoms with Crippen molar-refractivity contribution in [2.24, 2.45) is 71.0 Å². The number of ketones is 4. The van der Waals surface area contributed by atoms with Crippen molar-refractivity contribution in [3.8, 4) is 0 Å². The van der Waals surface area contributed by atoms with Gasteiger partial charge in [0.05, 0.1) is 55.4 Å². The first kappa shape index (κ1) is 43.3. The Kier molecular flexibility index (Phi) is 13.3. The van der Waals surface area contributed by atoms with Gasteiger partial charge in [-0.1, -0.05) is 0 Å². The van der Waals surface area contributed by atoms with Crippen LogP contribution >= 0.6 is 0 Å². The maximum absolute atomic E-state index is 12.9. The first-order valence-electron chi connectivity index (χ1n) is 21.9. The number of fused-ring (bicyclic) bond motifs is 20. The van der Waals surface area contributed by atoms with Crippen molar-refractivity contribution in [3.63, 3.8) is 0 Å². The summed E-state index contributed by atoms with van der Waals surface area (Å²) in [5, 5.41) is 82.5. The Hall–Kier alpha value is -1.31. The molecule has 0 aromatic carbocycles. The maximum Gasteiger partial charge on any atom is 0.187 e. The highest BCUT2D eigenvalue weighted by Crippen LogP contribution is 2.48. The van der Waals surface area contributed by atoms with Crippen molar-refractivity contribution >= 4 is 40.5 Å². The van der Waals surface area contributed by atoms with Gasteiger partial charge in [-0.3, -0.25) is 61.7 Å². The second kappa shape index (κ2) is 17.8. The molecule has 0 aromatic rings. The summed E-state index contributed by atoms with van der Waals surface area (Å²) in [5.41, 5.74) is 0. The van der Waals surface area contributed by atoms with E-state index in [0.29, 0.717) is 51.4 Å². The molecule has 13 N–H and O–H groups in total. The molecule has 21 atom stereocenters. The zero-order valence-electron chi connectivity index (χ0n) is 32.6. The van der Waals surface area contributed by atoms with Crippen molar-refractivity contribution in [2.45, 2.75) is 126 Å². The molecule has 0 amide bonds. The van der Waals surface area contributed by atoms with Gasteiger partial charge < -0.3 is 25.5 Å². The van der Waals surface area contributed by atoms with Crippen molar-refractivity contribution in [1.82, 2.24) is 42.5 Å². The van der Waals surface area contributed by atoms with Crippen molar-refractivity contribution in [1.29, 1.82) is 0 Å². The minimum atomic E-state index is -0.976. The number of hydrogen-bond donors (Lipinski definition) is 13. The van der Waals surface area contributed by atoms with Crippen LogP contribution in [0.1, 0.15) is 70.6 Å². The number of aliphatic hydroxyl groups is 5. The lowest BCUT2D eigenvalue weighted by Gasteiger charge is -2.41. The fraction of sp³-hybridized carbons (Fsp3) is 0.900. The molecule has 58 heavy (non-hydrogen) atoms. The molecular weight excluding hydrogens is 763 g/mol. The molecule has 4 saturated carbocycles. The number of rotatable bonds is 8. The Labute approximate surface area is 350 Å². The minimum absolute atomic E-state index is 0. The summed E-state index contributed by atoms with van der Waals surface area (Å²) in [6.07, 6.45) is 4.85. The van der Waals surface area contributed by atoms with E-state index in [1.807, 2.05) is 0 Å². The molecule has 0 radical (unpaired) electrons. The summed E-state index contributed by atoms with van der Waals surface area (Å²) < 4.78 is 0. The summed E-state index contributed by atoms with van der Waals surface area (Å²) in [6.45, 7) is -2.03. The molecule has 17 nitrogen and oxygen atoms in total. The van der Waals surface area contributed by atoms with E-state index < -0.39 is 44.6 Å². The highest BCUT2D eigenvalue weighted by atomic mass is 27.0. The number of carbonyl (C=O) groups is 4. The van der Waals surface area contributed by atoms with Crippen LogP contribution in [-0.2, 0) is 19.2 Å². The predicted octanol–water partition coefficient (Wildman–Crippen LogP) is -4.46. The lowest BCUT2D eigenvalue weighted by Crippen LogP contribution is -2.62. The average molecular weight is 831 g/mol. The highest BCUT2D eigenvalue weighted by molar-refractivity contribution is 5.83. The molecule has 9 fully saturated rings. The number of Topliss-reactive ketones (excluding diaryl/α,β-unsaturated/α-hetero) is 4. The Bertz CT molecular complexity index is 1530. The minimum Gasteiger partial charge on any atom is -0.392 e. The van der Waals surface area contributed by atoms with Gasteiger partial charge in [-0.2, -0.15) is 0 Å². The van der Waals surface area contributed by atoms with E-state index >= 15 is 0 Å². The molecule has 5 aliphatic heterocycles. The summed E-state index contributed by atoms with van der Waals surface area (Å²) in [5.74, 6) is -1.76. The summed E-state index contributed by atoms with van der Waals surface area (Å²) in [4.78, 5) is 51.6. The number of aliphatic hydroxyl groups excluding tert-OH is 5. The highest BCUT2D eigenvalue weighted by Gasteiger charge is 2.58. The molecule has 5 saturated heterocycles. The number of hydrogen-bond acceptors (Lipinski definition) is 17. The zero-order chi connectivity index (χ0) is 39.7. The molecule has 0 aromatic heterocycles. The van der Waals surface area contributed by atoms with Gasteiger partial charge in [-0.15, -0.1) is 0 Å². The molecule has 21 unspecified atom stereocenters. The SMILES string of the molecule is O=C(CO)C1CCC2C3NC(NC4NC(NC5NC(NC6NC(N3)C3CC(C(=O)CO)CCC63)C3C(O)C(C(=O)CO)CCC53)C3CC(C(=O)CO)CCC43)C2C1.[AlH3]. The van der Waals surface area contributed by atoms with Crippen LogP contribution in [0.4, 0.5) is 0 Å². The summed E-state index contributed by atoms with van der Waals surface area (Å²) in [7, 11) is 0. The van der Waals surface area contributed by atoms with Crippen LogP contribution in [0.25, 0.3) is 0 Å². The second-order valence-electron chi connectivity index (χ2n) is 19.1. The summed E-state index contributed by atoms with van der Waals surface area (Å²) >= 11 is 0. The van der Waals surface area contributed by atoms with E-state index in [9.17, 15) is 44.7 Å². The van der Waals surface area contributed by atoms with E-state index in [2.05, 4.69) is 42.5 Å². The van der Waals surface area contributed by atoms with Crippen LogP contribution in [0, 0.1) is 71.0 Å². The van der Waals surface area contributed by atoms with Crippen molar-refractivity contribution < 1.29 is 44.7 Å². The third-order valence-corrected chi connectivity index (χ3v) is 16.6. The monoisotopic (exact) mass is 830 g/mol. The standard InChI is InChI=1S/C40H64N8O9.Al.3H/c49-12-27(53)16-1-4-19-24(9-16)37-41-33(19)43-38-26-11-18(29(55)14-51)3-6-21(26)35(45-38)47-40-31-23(8-7-22(32(31)57)30(56)15-52)36(48-40)46-39-25-10-17(28(54)13-50)2-5-20(25)34(42-37)44-39;;;;/h16-26,31-52,57H,1-15H2;;;;. The summed E-state index contributed by atoms with van der Waals surface area (Å²) in [6, 6.07) is 0. The molecule has 9 rings (SSSR count). The van der Waals surface area contributed by atoms with E-state index in [1.165, 1.54) is 0 Å². The van der Waals surface area contributed by atoms with E-state index in [1.54, 1.807) is 0 Å². The molecule has 18 heteroatoms. The topological polar surface area (TPSA) is 266 Å². The first-order chi connectivity index (χ1) is 27.6. The van der Waals surface area contributed by atoms with Crippen LogP contribution in [-0.4, -0.2) is 148 Å². The maximum atomic E-state index is 12.9. The van der Waals surface area contributed by atoms with Gasteiger partial charge in [-0.25, -0.2) is 0 Å². The molecular formula is C40H67AlN8O9. The quantitative estimate of drug-likeness (QED) is 0.103. The van der Waals surface area contributed by atoms with Crippen LogP contribution in [0.3, 0.4) is 0 Å². The molecule has 0 spiro atoms. The van der Waals surface area contributed by atoms with E-state index in [4.69, 9.17) is 0 Å². The van der Waals surface area contributed by atoms with Crippen LogP contribution in [0.2, 0.25) is 0 Å². The van der Waals surface area contributed by atoms with Gasteiger partial charge >= 0.3 is 0 Å². The van der Waals surface area contributed by atoms with Crippen LogP contribution < -0.4 is 42.5 Å². The van der Waals surface area contributed by atoms with Gasteiger partial charge in [0.25, 0.3) is 0 Å². The van der Waals surface area contributed by atoms with Gasteiger partial charge in [0.1, 0.15) is 26.4 Å². The molecule has 9 aliphatic rings. The van der Waals surface area contributed by atoms with Gasteiger partial charge in [0, 0.05) is 29.6 Å². The van der Waals surface area contributed by atoms with E-state index in [0.717, 1.165) is 19.3 Å². The van der Waals surface area contributed by atoms with Crippen LogP contribution in [0.15, 0.2) is 0 Å². The van der Waals surface area contributed by atoms with Crippen molar-refractivity contribution in [3.05, 3.63) is 0 Å². The second-order valence-corrected chi connectivity index (χ2v) is 19.1. The molecule has 4 aliphatic carbocycles. The lowest BCUT2D eigenvalue weighted by molar-refractivity contribution is -0.134. The van der Waals surface area contributed by atoms with Gasteiger partial charge in [-0.05, 0) is 112 Å². The zero-order valence-corrected chi connectivity index (χ0v) is 32.6. The third kappa shape index (κ3) is 7.74. The molecule has 5 heterocycles. The van der Waals surface area contributed by atoms with Crippen LogP contribution in [0.5, 0.6) is 0 Å². The Balaban J connectivity index is 0.00000469. The lowest BCUT2D eigenvalue weighted by atomic mass is 9.69. The average Bonchev–Trinajstić information content (AvgIpc) is 3.97. The Morgan fingerprint density at radius 3 is 1.02 bits per heavy atom.